The molecule has 1 aliphatic rings. The minimum atomic E-state index is -0.335. The van der Waals surface area contributed by atoms with Gasteiger partial charge in [-0.05, 0) is 25.0 Å². The summed E-state index contributed by atoms with van der Waals surface area (Å²) in [5, 5.41) is 0. The molecule has 0 amide bonds. The lowest BCUT2D eigenvalue weighted by molar-refractivity contribution is 0.0311. The van der Waals surface area contributed by atoms with E-state index < -0.39 is 0 Å². The number of fused-ring (bicyclic) bond motifs is 1. The van der Waals surface area contributed by atoms with Gasteiger partial charge in [-0.2, -0.15) is 0 Å². The molecular weight excluding hydrogens is 190 g/mol. The zero-order valence-corrected chi connectivity index (χ0v) is 9.12. The Kier molecular flexibility index (Phi) is 2.47. The number of pyridine rings is 1. The van der Waals surface area contributed by atoms with E-state index >= 15 is 0 Å². The molecule has 0 radical (unpaired) electrons. The highest BCUT2D eigenvalue weighted by Crippen LogP contribution is 2.35. The summed E-state index contributed by atoms with van der Waals surface area (Å²) in [4.78, 5) is 16.0. The van der Waals surface area contributed by atoms with Crippen molar-refractivity contribution in [3.63, 3.8) is 0 Å². The first-order valence-electron chi connectivity index (χ1n) is 5.38. The second-order valence-electron chi connectivity index (χ2n) is 3.95. The Bertz CT molecular complexity index is 383. The predicted octanol–water partition coefficient (Wildman–Crippen LogP) is 2.61. The molecule has 80 valence electrons. The van der Waals surface area contributed by atoms with Crippen molar-refractivity contribution in [1.82, 2.24) is 4.98 Å². The molecule has 0 unspecified atom stereocenters. The molecule has 0 saturated carbocycles. The first kappa shape index (κ1) is 10.1. The van der Waals surface area contributed by atoms with Gasteiger partial charge in [-0.25, -0.2) is 4.98 Å². The van der Waals surface area contributed by atoms with Crippen molar-refractivity contribution in [1.29, 1.82) is 0 Å². The van der Waals surface area contributed by atoms with Gasteiger partial charge < -0.3 is 4.74 Å². The maximum atomic E-state index is 11.9. The monoisotopic (exact) mass is 205 g/mol. The van der Waals surface area contributed by atoms with Gasteiger partial charge in [0.1, 0.15) is 5.60 Å². The van der Waals surface area contributed by atoms with Gasteiger partial charge >= 0.3 is 0 Å². The van der Waals surface area contributed by atoms with E-state index in [0.29, 0.717) is 17.9 Å². The largest absolute Gasteiger partial charge is 0.470 e. The van der Waals surface area contributed by atoms with E-state index in [1.165, 1.54) is 0 Å². The summed E-state index contributed by atoms with van der Waals surface area (Å²) in [6.45, 7) is 4.09. The number of aromatic nitrogens is 1. The van der Waals surface area contributed by atoms with Crippen LogP contribution in [0.3, 0.4) is 0 Å². The third kappa shape index (κ3) is 1.62. The fraction of sp³-hybridized carbons (Fsp3) is 0.500. The van der Waals surface area contributed by atoms with Crippen molar-refractivity contribution in [3.8, 4) is 5.88 Å². The van der Waals surface area contributed by atoms with E-state index in [0.717, 1.165) is 12.8 Å². The fourth-order valence-corrected chi connectivity index (χ4v) is 1.96. The standard InChI is InChI=1S/C12H15NO2/c1-3-12(4-2)8-10(14)9-6-5-7-13-11(9)15-12/h5-7H,3-4,8H2,1-2H3. The Balaban J connectivity index is 2.41. The van der Waals surface area contributed by atoms with Crippen molar-refractivity contribution in [2.45, 2.75) is 38.7 Å². The van der Waals surface area contributed by atoms with Crippen LogP contribution in [-0.2, 0) is 0 Å². The minimum absolute atomic E-state index is 0.146. The zero-order valence-electron chi connectivity index (χ0n) is 9.12. The van der Waals surface area contributed by atoms with Crippen LogP contribution in [0.1, 0.15) is 43.5 Å². The molecule has 0 aliphatic carbocycles. The van der Waals surface area contributed by atoms with Crippen molar-refractivity contribution in [2.24, 2.45) is 0 Å². The first-order chi connectivity index (χ1) is 7.21. The summed E-state index contributed by atoms with van der Waals surface area (Å²) >= 11 is 0. The van der Waals surface area contributed by atoms with E-state index in [1.807, 2.05) is 13.8 Å². The molecule has 0 spiro atoms. The molecular formula is C12H15NO2. The Morgan fingerprint density at radius 2 is 2.20 bits per heavy atom. The van der Waals surface area contributed by atoms with E-state index in [-0.39, 0.29) is 11.4 Å². The van der Waals surface area contributed by atoms with Crippen LogP contribution >= 0.6 is 0 Å². The highest BCUT2D eigenvalue weighted by molar-refractivity contribution is 5.99. The topological polar surface area (TPSA) is 39.2 Å². The van der Waals surface area contributed by atoms with Crippen molar-refractivity contribution in [3.05, 3.63) is 23.9 Å². The fourth-order valence-electron chi connectivity index (χ4n) is 1.96. The van der Waals surface area contributed by atoms with Crippen LogP contribution in [0.15, 0.2) is 18.3 Å². The lowest BCUT2D eigenvalue weighted by Crippen LogP contribution is -2.41. The number of nitrogens with zero attached hydrogens (tertiary/aromatic N) is 1. The van der Waals surface area contributed by atoms with E-state index in [2.05, 4.69) is 4.98 Å². The minimum Gasteiger partial charge on any atom is -0.470 e. The number of hydrogen-bond donors (Lipinski definition) is 0. The van der Waals surface area contributed by atoms with Crippen LogP contribution < -0.4 is 4.74 Å². The molecule has 1 aromatic heterocycles. The Morgan fingerprint density at radius 3 is 2.87 bits per heavy atom. The van der Waals surface area contributed by atoms with Gasteiger partial charge in [0.25, 0.3) is 0 Å². The lowest BCUT2D eigenvalue weighted by atomic mass is 9.87. The molecule has 1 aromatic rings. The summed E-state index contributed by atoms with van der Waals surface area (Å²) in [5.74, 6) is 0.644. The molecule has 3 nitrogen and oxygen atoms in total. The van der Waals surface area contributed by atoms with Crippen LogP contribution in [0, 0.1) is 0 Å². The molecule has 0 aromatic carbocycles. The molecule has 2 rings (SSSR count). The highest BCUT2D eigenvalue weighted by atomic mass is 16.5. The van der Waals surface area contributed by atoms with Gasteiger partial charge in [0.15, 0.2) is 5.78 Å². The number of ketones is 1. The molecule has 0 atom stereocenters. The number of hydrogen-bond acceptors (Lipinski definition) is 3. The molecule has 2 heterocycles. The Labute approximate surface area is 89.5 Å². The first-order valence-corrected chi connectivity index (χ1v) is 5.38. The quantitative estimate of drug-likeness (QED) is 0.745. The van der Waals surface area contributed by atoms with Crippen LogP contribution in [-0.4, -0.2) is 16.4 Å². The van der Waals surface area contributed by atoms with Crippen molar-refractivity contribution >= 4 is 5.78 Å². The summed E-state index contributed by atoms with van der Waals surface area (Å²) < 4.78 is 5.86. The predicted molar refractivity (Wildman–Crippen MR) is 57.1 cm³/mol. The Hall–Kier alpha value is -1.38. The second-order valence-corrected chi connectivity index (χ2v) is 3.95. The van der Waals surface area contributed by atoms with E-state index in [4.69, 9.17) is 4.74 Å². The van der Waals surface area contributed by atoms with Gasteiger partial charge in [-0.1, -0.05) is 13.8 Å². The van der Waals surface area contributed by atoms with Crippen LogP contribution in [0.5, 0.6) is 5.88 Å². The zero-order chi connectivity index (χ0) is 10.9. The molecule has 3 heteroatoms. The molecule has 1 aliphatic heterocycles. The summed E-state index contributed by atoms with van der Waals surface area (Å²) in [6, 6.07) is 3.55. The van der Waals surface area contributed by atoms with Gasteiger partial charge in [0.05, 0.1) is 12.0 Å². The van der Waals surface area contributed by atoms with Gasteiger partial charge in [0.2, 0.25) is 5.88 Å². The summed E-state index contributed by atoms with van der Waals surface area (Å²) in [5.41, 5.74) is 0.286. The number of carbonyl (C=O) groups excluding carboxylic acids is 1. The second kappa shape index (κ2) is 3.65. The third-order valence-electron chi connectivity index (χ3n) is 3.16. The average molecular weight is 205 g/mol. The van der Waals surface area contributed by atoms with E-state index in [9.17, 15) is 4.79 Å². The number of ether oxygens (including phenoxy) is 1. The van der Waals surface area contributed by atoms with Gasteiger partial charge in [-0.15, -0.1) is 0 Å². The molecule has 0 fully saturated rings. The maximum Gasteiger partial charge on any atom is 0.224 e. The SMILES string of the molecule is CCC1(CC)CC(=O)c2cccnc2O1. The summed E-state index contributed by atoms with van der Waals surface area (Å²) in [6.07, 6.45) is 3.81. The third-order valence-corrected chi connectivity index (χ3v) is 3.16. The van der Waals surface area contributed by atoms with Gasteiger partial charge in [0, 0.05) is 6.20 Å². The normalized spacial score (nSPS) is 18.1. The number of carbonyl (C=O) groups is 1. The summed E-state index contributed by atoms with van der Waals surface area (Å²) in [7, 11) is 0. The van der Waals surface area contributed by atoms with Crippen molar-refractivity contribution < 1.29 is 9.53 Å². The lowest BCUT2D eigenvalue weighted by Gasteiger charge is -2.35. The van der Waals surface area contributed by atoms with E-state index in [1.54, 1.807) is 18.3 Å². The number of rotatable bonds is 2. The van der Waals surface area contributed by atoms with Crippen LogP contribution in [0.4, 0.5) is 0 Å². The van der Waals surface area contributed by atoms with Crippen LogP contribution in [0.25, 0.3) is 0 Å². The Morgan fingerprint density at radius 1 is 1.47 bits per heavy atom. The molecule has 0 bridgehead atoms. The smallest absolute Gasteiger partial charge is 0.224 e. The molecule has 0 saturated heterocycles. The number of Topliss-reactive ketones (excluding diaryl/α,β-unsaturated/α-hetero) is 1. The molecule has 15 heavy (non-hydrogen) atoms. The average Bonchev–Trinajstić information content (AvgIpc) is 2.29. The molecule has 0 N–H and O–H groups in total. The highest BCUT2D eigenvalue weighted by Gasteiger charge is 2.38. The van der Waals surface area contributed by atoms with Crippen molar-refractivity contribution in [2.75, 3.05) is 0 Å². The van der Waals surface area contributed by atoms with Crippen LogP contribution in [0.2, 0.25) is 0 Å². The van der Waals surface area contributed by atoms with Gasteiger partial charge in [-0.3, -0.25) is 4.79 Å². The maximum absolute atomic E-state index is 11.9.